The quantitative estimate of drug-likeness (QED) is 0.844. The molecule has 4 heteroatoms. The Labute approximate surface area is 105 Å². The SMILES string of the molecule is NC1CCc2nc(-c3ccc(Cl)cc3)oc2C1. The first-order chi connectivity index (χ1) is 8.22. The molecule has 0 aliphatic heterocycles. The molecule has 1 aromatic heterocycles. The largest absolute Gasteiger partial charge is 0.441 e. The molecule has 0 saturated carbocycles. The first-order valence-corrected chi connectivity index (χ1v) is 6.10. The van der Waals surface area contributed by atoms with Crippen molar-refractivity contribution >= 4 is 11.6 Å². The predicted molar refractivity (Wildman–Crippen MR) is 66.9 cm³/mol. The van der Waals surface area contributed by atoms with Gasteiger partial charge in [-0.1, -0.05) is 11.6 Å². The molecule has 1 atom stereocenters. The molecule has 2 aromatic rings. The van der Waals surface area contributed by atoms with Crippen LogP contribution < -0.4 is 5.73 Å². The fourth-order valence-electron chi connectivity index (χ4n) is 2.12. The van der Waals surface area contributed by atoms with Crippen LogP contribution in [0, 0.1) is 0 Å². The van der Waals surface area contributed by atoms with E-state index in [1.54, 1.807) is 0 Å². The van der Waals surface area contributed by atoms with E-state index < -0.39 is 0 Å². The van der Waals surface area contributed by atoms with Crippen LogP contribution in [0.1, 0.15) is 17.9 Å². The van der Waals surface area contributed by atoms with E-state index in [1.165, 1.54) is 0 Å². The van der Waals surface area contributed by atoms with Gasteiger partial charge in [0.05, 0.1) is 5.69 Å². The van der Waals surface area contributed by atoms with E-state index in [1.807, 2.05) is 24.3 Å². The van der Waals surface area contributed by atoms with Crippen molar-refractivity contribution in [2.75, 3.05) is 0 Å². The summed E-state index contributed by atoms with van der Waals surface area (Å²) in [4.78, 5) is 4.52. The smallest absolute Gasteiger partial charge is 0.226 e. The summed E-state index contributed by atoms with van der Waals surface area (Å²) in [6.07, 6.45) is 2.68. The normalized spacial score (nSPS) is 19.1. The lowest BCUT2D eigenvalue weighted by Crippen LogP contribution is -2.27. The Balaban J connectivity index is 1.97. The molecule has 0 fully saturated rings. The standard InChI is InChI=1S/C13H13ClN2O/c14-9-3-1-8(2-4-9)13-16-11-6-5-10(15)7-12(11)17-13/h1-4,10H,5-7,15H2. The van der Waals surface area contributed by atoms with Gasteiger partial charge < -0.3 is 10.2 Å². The van der Waals surface area contributed by atoms with Crippen LogP contribution >= 0.6 is 11.6 Å². The first kappa shape index (κ1) is 10.8. The highest BCUT2D eigenvalue weighted by Crippen LogP contribution is 2.27. The number of rotatable bonds is 1. The molecule has 0 radical (unpaired) electrons. The van der Waals surface area contributed by atoms with Gasteiger partial charge in [0.2, 0.25) is 5.89 Å². The number of fused-ring (bicyclic) bond motifs is 1. The van der Waals surface area contributed by atoms with E-state index in [0.717, 1.165) is 36.3 Å². The van der Waals surface area contributed by atoms with Crippen LogP contribution in [0.5, 0.6) is 0 Å². The van der Waals surface area contributed by atoms with Crippen LogP contribution in [-0.2, 0) is 12.8 Å². The molecule has 1 aliphatic carbocycles. The monoisotopic (exact) mass is 248 g/mol. The second-order valence-electron chi connectivity index (χ2n) is 4.40. The van der Waals surface area contributed by atoms with E-state index in [2.05, 4.69) is 4.98 Å². The maximum atomic E-state index is 5.91. The molecule has 2 N–H and O–H groups in total. The number of aryl methyl sites for hydroxylation is 1. The molecule has 88 valence electrons. The highest BCUT2D eigenvalue weighted by atomic mass is 35.5. The van der Waals surface area contributed by atoms with Crippen molar-refractivity contribution in [2.45, 2.75) is 25.3 Å². The summed E-state index contributed by atoms with van der Waals surface area (Å²) in [6, 6.07) is 7.71. The van der Waals surface area contributed by atoms with Gasteiger partial charge in [-0.05, 0) is 37.1 Å². The zero-order chi connectivity index (χ0) is 11.8. The van der Waals surface area contributed by atoms with Gasteiger partial charge in [0, 0.05) is 23.0 Å². The highest BCUT2D eigenvalue weighted by Gasteiger charge is 2.22. The molecule has 0 saturated heterocycles. The van der Waals surface area contributed by atoms with Crippen molar-refractivity contribution in [3.63, 3.8) is 0 Å². The van der Waals surface area contributed by atoms with E-state index in [4.69, 9.17) is 21.8 Å². The van der Waals surface area contributed by atoms with Gasteiger partial charge in [-0.2, -0.15) is 0 Å². The average Bonchev–Trinajstić information content (AvgIpc) is 2.72. The first-order valence-electron chi connectivity index (χ1n) is 5.72. The molecule has 3 nitrogen and oxygen atoms in total. The molecular weight excluding hydrogens is 236 g/mol. The summed E-state index contributed by atoms with van der Waals surface area (Å²) >= 11 is 5.85. The lowest BCUT2D eigenvalue weighted by Gasteiger charge is -2.14. The molecule has 0 amide bonds. The second kappa shape index (κ2) is 4.17. The third kappa shape index (κ3) is 2.08. The molecule has 1 aromatic carbocycles. The van der Waals surface area contributed by atoms with Gasteiger partial charge in [-0.15, -0.1) is 0 Å². The average molecular weight is 249 g/mol. The van der Waals surface area contributed by atoms with Crippen molar-refractivity contribution < 1.29 is 4.42 Å². The van der Waals surface area contributed by atoms with Crippen molar-refractivity contribution in [3.8, 4) is 11.5 Å². The number of hydrogen-bond donors (Lipinski definition) is 1. The molecule has 3 rings (SSSR count). The van der Waals surface area contributed by atoms with Gasteiger partial charge in [0.25, 0.3) is 0 Å². The molecule has 0 bridgehead atoms. The van der Waals surface area contributed by atoms with Crippen molar-refractivity contribution in [1.82, 2.24) is 4.98 Å². The fourth-order valence-corrected chi connectivity index (χ4v) is 2.24. The van der Waals surface area contributed by atoms with Crippen LogP contribution in [-0.4, -0.2) is 11.0 Å². The Bertz CT molecular complexity index is 533. The predicted octanol–water partition coefficient (Wildman–Crippen LogP) is 2.81. The van der Waals surface area contributed by atoms with Crippen LogP contribution in [0.15, 0.2) is 28.7 Å². The lowest BCUT2D eigenvalue weighted by molar-refractivity contribution is 0.457. The fraction of sp³-hybridized carbons (Fsp3) is 0.308. The number of hydrogen-bond acceptors (Lipinski definition) is 3. The van der Waals surface area contributed by atoms with Crippen molar-refractivity contribution in [2.24, 2.45) is 5.73 Å². The molecular formula is C13H13ClN2O. The Morgan fingerprint density at radius 3 is 2.82 bits per heavy atom. The third-order valence-electron chi connectivity index (χ3n) is 3.07. The van der Waals surface area contributed by atoms with E-state index in [-0.39, 0.29) is 6.04 Å². The van der Waals surface area contributed by atoms with E-state index in [9.17, 15) is 0 Å². The maximum Gasteiger partial charge on any atom is 0.226 e. The van der Waals surface area contributed by atoms with Gasteiger partial charge in [-0.25, -0.2) is 4.98 Å². The number of aromatic nitrogens is 1. The van der Waals surface area contributed by atoms with Gasteiger partial charge in [0.15, 0.2) is 0 Å². The molecule has 1 aliphatic rings. The minimum atomic E-state index is 0.202. The second-order valence-corrected chi connectivity index (χ2v) is 4.84. The van der Waals surface area contributed by atoms with Crippen LogP contribution in [0.2, 0.25) is 5.02 Å². The molecule has 1 unspecified atom stereocenters. The van der Waals surface area contributed by atoms with Crippen LogP contribution in [0.25, 0.3) is 11.5 Å². The summed E-state index contributed by atoms with van der Waals surface area (Å²) in [5.41, 5.74) is 7.92. The Kier molecular flexibility index (Phi) is 2.65. The highest BCUT2D eigenvalue weighted by molar-refractivity contribution is 6.30. The molecule has 1 heterocycles. The van der Waals surface area contributed by atoms with E-state index >= 15 is 0 Å². The van der Waals surface area contributed by atoms with Gasteiger partial charge >= 0.3 is 0 Å². The summed E-state index contributed by atoms with van der Waals surface area (Å²) in [5, 5.41) is 0.715. The van der Waals surface area contributed by atoms with Crippen LogP contribution in [0.3, 0.4) is 0 Å². The lowest BCUT2D eigenvalue weighted by atomic mass is 9.98. The van der Waals surface area contributed by atoms with Crippen molar-refractivity contribution in [1.29, 1.82) is 0 Å². The summed E-state index contributed by atoms with van der Waals surface area (Å²) in [7, 11) is 0. The summed E-state index contributed by atoms with van der Waals surface area (Å²) in [5.74, 6) is 1.61. The third-order valence-corrected chi connectivity index (χ3v) is 3.32. The number of halogens is 1. The van der Waals surface area contributed by atoms with Gasteiger partial charge in [0.1, 0.15) is 5.76 Å². The Hall–Kier alpha value is -1.32. The zero-order valence-electron chi connectivity index (χ0n) is 9.32. The topological polar surface area (TPSA) is 52.0 Å². The number of nitrogens with zero attached hydrogens (tertiary/aromatic N) is 1. The number of benzene rings is 1. The van der Waals surface area contributed by atoms with Crippen molar-refractivity contribution in [3.05, 3.63) is 40.7 Å². The number of nitrogens with two attached hydrogens (primary N) is 1. The summed E-state index contributed by atoms with van der Waals surface area (Å²) < 4.78 is 5.77. The van der Waals surface area contributed by atoms with Crippen LogP contribution in [0.4, 0.5) is 0 Å². The summed E-state index contributed by atoms with van der Waals surface area (Å²) in [6.45, 7) is 0. The minimum Gasteiger partial charge on any atom is -0.441 e. The van der Waals surface area contributed by atoms with E-state index in [0.29, 0.717) is 10.9 Å². The molecule has 0 spiro atoms. The number of oxazole rings is 1. The Morgan fingerprint density at radius 2 is 2.06 bits per heavy atom. The maximum absolute atomic E-state index is 5.91. The minimum absolute atomic E-state index is 0.202. The van der Waals surface area contributed by atoms with Gasteiger partial charge in [-0.3, -0.25) is 0 Å². The molecule has 17 heavy (non-hydrogen) atoms. The Morgan fingerprint density at radius 1 is 1.29 bits per heavy atom. The zero-order valence-corrected chi connectivity index (χ0v) is 10.1.